The molecule has 112 valence electrons. The molecule has 0 fully saturated rings. The second-order valence-corrected chi connectivity index (χ2v) is 6.44. The summed E-state index contributed by atoms with van der Waals surface area (Å²) in [5, 5.41) is 0. The van der Waals surface area contributed by atoms with Crippen molar-refractivity contribution in [2.24, 2.45) is 0 Å². The SMILES string of the molecule is Cc1cc(F)ccc1CCNS(=O)(=O)c1ccc(F)cc1. The molecule has 0 heterocycles. The average molecular weight is 311 g/mol. The molecule has 2 rings (SSSR count). The van der Waals surface area contributed by atoms with Gasteiger partial charge >= 0.3 is 0 Å². The van der Waals surface area contributed by atoms with E-state index in [-0.39, 0.29) is 17.3 Å². The summed E-state index contributed by atoms with van der Waals surface area (Å²) in [6, 6.07) is 9.00. The molecule has 1 N–H and O–H groups in total. The van der Waals surface area contributed by atoms with Crippen LogP contribution >= 0.6 is 0 Å². The molecule has 0 unspecified atom stereocenters. The van der Waals surface area contributed by atoms with Crippen LogP contribution in [0.1, 0.15) is 11.1 Å². The molecule has 0 spiro atoms. The van der Waals surface area contributed by atoms with Gasteiger partial charge in [0.1, 0.15) is 11.6 Å². The van der Waals surface area contributed by atoms with Crippen LogP contribution < -0.4 is 4.72 Å². The molecule has 6 heteroatoms. The first-order valence-electron chi connectivity index (χ1n) is 6.39. The summed E-state index contributed by atoms with van der Waals surface area (Å²) in [5.74, 6) is -0.806. The Morgan fingerprint density at radius 2 is 1.62 bits per heavy atom. The number of halogens is 2. The van der Waals surface area contributed by atoms with Gasteiger partial charge in [0.05, 0.1) is 4.90 Å². The number of aryl methyl sites for hydroxylation is 1. The topological polar surface area (TPSA) is 46.2 Å². The van der Waals surface area contributed by atoms with Crippen LogP contribution in [0.4, 0.5) is 8.78 Å². The maximum Gasteiger partial charge on any atom is 0.240 e. The molecule has 0 radical (unpaired) electrons. The number of rotatable bonds is 5. The van der Waals surface area contributed by atoms with Gasteiger partial charge in [-0.25, -0.2) is 21.9 Å². The van der Waals surface area contributed by atoms with E-state index in [1.54, 1.807) is 13.0 Å². The number of benzene rings is 2. The van der Waals surface area contributed by atoms with Gasteiger partial charge in [-0.05, 0) is 60.9 Å². The zero-order valence-electron chi connectivity index (χ0n) is 11.4. The Bertz CT molecular complexity index is 728. The minimum Gasteiger partial charge on any atom is -0.211 e. The highest BCUT2D eigenvalue weighted by molar-refractivity contribution is 7.89. The smallest absolute Gasteiger partial charge is 0.211 e. The Morgan fingerprint density at radius 3 is 2.24 bits per heavy atom. The van der Waals surface area contributed by atoms with Crippen LogP contribution in [-0.2, 0) is 16.4 Å². The van der Waals surface area contributed by atoms with E-state index in [9.17, 15) is 17.2 Å². The second kappa shape index (κ2) is 6.32. The molecule has 0 aromatic heterocycles. The molecule has 0 bridgehead atoms. The van der Waals surface area contributed by atoms with Crippen LogP contribution in [0.3, 0.4) is 0 Å². The van der Waals surface area contributed by atoms with Crippen LogP contribution in [0.25, 0.3) is 0 Å². The van der Waals surface area contributed by atoms with Crippen LogP contribution in [0.15, 0.2) is 47.4 Å². The van der Waals surface area contributed by atoms with Gasteiger partial charge in [-0.3, -0.25) is 0 Å². The Balaban J connectivity index is 2.00. The summed E-state index contributed by atoms with van der Waals surface area (Å²) in [6.45, 7) is 1.96. The number of hydrogen-bond donors (Lipinski definition) is 1. The third kappa shape index (κ3) is 4.09. The summed E-state index contributed by atoms with van der Waals surface area (Å²) in [6.07, 6.45) is 0.451. The lowest BCUT2D eigenvalue weighted by molar-refractivity contribution is 0.580. The van der Waals surface area contributed by atoms with Gasteiger partial charge in [-0.15, -0.1) is 0 Å². The highest BCUT2D eigenvalue weighted by atomic mass is 32.2. The lowest BCUT2D eigenvalue weighted by Gasteiger charge is -2.08. The predicted octanol–water partition coefficient (Wildman–Crippen LogP) is 2.79. The summed E-state index contributed by atoms with van der Waals surface area (Å²) in [4.78, 5) is 0.0136. The van der Waals surface area contributed by atoms with Crippen LogP contribution in [0.5, 0.6) is 0 Å². The average Bonchev–Trinajstić information content (AvgIpc) is 2.41. The predicted molar refractivity (Wildman–Crippen MR) is 76.4 cm³/mol. The second-order valence-electron chi connectivity index (χ2n) is 4.67. The zero-order valence-corrected chi connectivity index (χ0v) is 12.3. The summed E-state index contributed by atoms with van der Waals surface area (Å²) in [5.41, 5.74) is 1.65. The normalized spacial score (nSPS) is 11.6. The zero-order chi connectivity index (χ0) is 15.5. The van der Waals surface area contributed by atoms with Crippen molar-refractivity contribution in [3.63, 3.8) is 0 Å². The van der Waals surface area contributed by atoms with Gasteiger partial charge in [0.15, 0.2) is 0 Å². The van der Waals surface area contributed by atoms with Crippen molar-refractivity contribution >= 4 is 10.0 Å². The van der Waals surface area contributed by atoms with Crippen molar-refractivity contribution in [2.75, 3.05) is 6.54 Å². The van der Waals surface area contributed by atoms with E-state index in [4.69, 9.17) is 0 Å². The van der Waals surface area contributed by atoms with E-state index in [1.807, 2.05) is 0 Å². The largest absolute Gasteiger partial charge is 0.240 e. The fraction of sp³-hybridized carbons (Fsp3) is 0.200. The van der Waals surface area contributed by atoms with E-state index < -0.39 is 15.8 Å². The van der Waals surface area contributed by atoms with E-state index in [0.29, 0.717) is 6.42 Å². The Labute approximate surface area is 122 Å². The molecule has 2 aromatic carbocycles. The van der Waals surface area contributed by atoms with Crippen LogP contribution in [0.2, 0.25) is 0 Å². The fourth-order valence-corrected chi connectivity index (χ4v) is 2.99. The Morgan fingerprint density at radius 1 is 1.00 bits per heavy atom. The third-order valence-corrected chi connectivity index (χ3v) is 4.59. The van der Waals surface area contributed by atoms with Crippen molar-refractivity contribution in [3.05, 3.63) is 65.2 Å². The molecule has 0 aliphatic carbocycles. The minimum atomic E-state index is -3.66. The van der Waals surface area contributed by atoms with Gasteiger partial charge in [0.2, 0.25) is 10.0 Å². The van der Waals surface area contributed by atoms with E-state index in [1.165, 1.54) is 24.3 Å². The lowest BCUT2D eigenvalue weighted by atomic mass is 10.1. The third-order valence-electron chi connectivity index (χ3n) is 3.11. The van der Waals surface area contributed by atoms with Gasteiger partial charge < -0.3 is 0 Å². The van der Waals surface area contributed by atoms with Crippen molar-refractivity contribution in [1.29, 1.82) is 0 Å². The molecular formula is C15H15F2NO2S. The Hall–Kier alpha value is -1.79. The summed E-state index contributed by atoms with van der Waals surface area (Å²) < 4.78 is 52.1. The fourth-order valence-electron chi connectivity index (χ4n) is 1.96. The maximum absolute atomic E-state index is 13.0. The molecule has 0 aliphatic rings. The van der Waals surface area contributed by atoms with Crippen molar-refractivity contribution in [2.45, 2.75) is 18.2 Å². The quantitative estimate of drug-likeness (QED) is 0.923. The lowest BCUT2D eigenvalue weighted by Crippen LogP contribution is -2.26. The van der Waals surface area contributed by atoms with Crippen LogP contribution in [-0.4, -0.2) is 15.0 Å². The molecule has 21 heavy (non-hydrogen) atoms. The summed E-state index contributed by atoms with van der Waals surface area (Å²) >= 11 is 0. The van der Waals surface area contributed by atoms with E-state index in [0.717, 1.165) is 23.3 Å². The monoisotopic (exact) mass is 311 g/mol. The van der Waals surface area contributed by atoms with Gasteiger partial charge in [0.25, 0.3) is 0 Å². The molecule has 2 aromatic rings. The number of sulfonamides is 1. The first kappa shape index (κ1) is 15.6. The molecular weight excluding hydrogens is 296 g/mol. The molecule has 0 aliphatic heterocycles. The highest BCUT2D eigenvalue weighted by Gasteiger charge is 2.13. The molecule has 3 nitrogen and oxygen atoms in total. The van der Waals surface area contributed by atoms with Crippen LogP contribution in [0, 0.1) is 18.6 Å². The first-order valence-corrected chi connectivity index (χ1v) is 7.87. The standard InChI is InChI=1S/C15H15F2NO2S/c1-11-10-14(17)3-2-12(11)8-9-18-21(19,20)15-6-4-13(16)5-7-15/h2-7,10,18H,8-9H2,1H3. The highest BCUT2D eigenvalue weighted by Crippen LogP contribution is 2.12. The van der Waals surface area contributed by atoms with Gasteiger partial charge in [-0.2, -0.15) is 0 Å². The van der Waals surface area contributed by atoms with Crippen molar-refractivity contribution < 1.29 is 17.2 Å². The maximum atomic E-state index is 13.0. The Kier molecular flexibility index (Phi) is 4.69. The first-order chi connectivity index (χ1) is 9.88. The molecule has 0 saturated carbocycles. The molecule has 0 amide bonds. The van der Waals surface area contributed by atoms with Crippen molar-refractivity contribution in [3.8, 4) is 0 Å². The van der Waals surface area contributed by atoms with E-state index >= 15 is 0 Å². The van der Waals surface area contributed by atoms with E-state index in [2.05, 4.69) is 4.72 Å². The number of nitrogens with one attached hydrogen (secondary N) is 1. The van der Waals surface area contributed by atoms with Crippen molar-refractivity contribution in [1.82, 2.24) is 4.72 Å². The summed E-state index contributed by atoms with van der Waals surface area (Å²) in [7, 11) is -3.66. The minimum absolute atomic E-state index is 0.0136. The van der Waals surface area contributed by atoms with Gasteiger partial charge in [0, 0.05) is 6.54 Å². The number of hydrogen-bond acceptors (Lipinski definition) is 2. The molecule has 0 atom stereocenters. The van der Waals surface area contributed by atoms with Gasteiger partial charge in [-0.1, -0.05) is 6.07 Å². The molecule has 0 saturated heterocycles.